The highest BCUT2D eigenvalue weighted by atomic mass is 32.1. The van der Waals surface area contributed by atoms with Gasteiger partial charge in [-0.2, -0.15) is 0 Å². The van der Waals surface area contributed by atoms with E-state index in [9.17, 15) is 14.0 Å². The van der Waals surface area contributed by atoms with Crippen molar-refractivity contribution in [2.45, 2.75) is 31.8 Å². The van der Waals surface area contributed by atoms with Crippen LogP contribution in [-0.2, 0) is 9.59 Å². The smallest absolute Gasteiger partial charge is 0.243 e. The van der Waals surface area contributed by atoms with Crippen LogP contribution in [0.1, 0.15) is 30.8 Å². The Morgan fingerprint density at radius 3 is 2.92 bits per heavy atom. The van der Waals surface area contributed by atoms with Gasteiger partial charge in [0, 0.05) is 19.0 Å². The molecule has 1 saturated heterocycles. The quantitative estimate of drug-likeness (QED) is 0.919. The number of aromatic nitrogens is 2. The van der Waals surface area contributed by atoms with Crippen LogP contribution in [0.5, 0.6) is 0 Å². The van der Waals surface area contributed by atoms with E-state index in [0.29, 0.717) is 28.4 Å². The number of carbonyl (C=O) groups is 2. The first kappa shape index (κ1) is 16.5. The molecule has 0 saturated carbocycles. The predicted octanol–water partition coefficient (Wildman–Crippen LogP) is 2.14. The molecule has 0 spiro atoms. The molecule has 1 aliphatic heterocycles. The average molecular weight is 348 g/mol. The van der Waals surface area contributed by atoms with Crippen LogP contribution in [0.3, 0.4) is 0 Å². The maximum atomic E-state index is 13.3. The molecule has 3 rings (SSSR count). The summed E-state index contributed by atoms with van der Waals surface area (Å²) in [5.74, 6) is -0.551. The first-order valence-electron chi connectivity index (χ1n) is 7.61. The van der Waals surface area contributed by atoms with E-state index in [-0.39, 0.29) is 23.7 Å². The monoisotopic (exact) mass is 348 g/mol. The highest BCUT2D eigenvalue weighted by Crippen LogP contribution is 2.27. The lowest BCUT2D eigenvalue weighted by Gasteiger charge is -2.20. The molecule has 24 heavy (non-hydrogen) atoms. The van der Waals surface area contributed by atoms with Crippen molar-refractivity contribution in [3.63, 3.8) is 0 Å². The van der Waals surface area contributed by atoms with Gasteiger partial charge < -0.3 is 10.2 Å². The fourth-order valence-corrected chi connectivity index (χ4v) is 3.47. The largest absolute Gasteiger partial charge is 0.345 e. The molecule has 6 nitrogen and oxygen atoms in total. The normalized spacial score (nSPS) is 18.7. The molecular weight excluding hydrogens is 331 g/mol. The number of carbonyl (C=O) groups excluding carboxylic acids is 2. The highest BCUT2D eigenvalue weighted by molar-refractivity contribution is 7.14. The van der Waals surface area contributed by atoms with Crippen LogP contribution in [0.25, 0.3) is 10.6 Å². The molecule has 2 amide bonds. The minimum atomic E-state index is -0.435. The van der Waals surface area contributed by atoms with E-state index in [4.69, 9.17) is 0 Å². The number of halogens is 1. The number of rotatable bonds is 4. The van der Waals surface area contributed by atoms with Crippen LogP contribution in [-0.4, -0.2) is 40.0 Å². The molecule has 0 bridgehead atoms. The molecule has 126 valence electrons. The van der Waals surface area contributed by atoms with E-state index in [1.807, 2.05) is 6.92 Å². The van der Waals surface area contributed by atoms with Crippen LogP contribution >= 0.6 is 11.3 Å². The summed E-state index contributed by atoms with van der Waals surface area (Å²) < 4.78 is 13.3. The molecule has 2 aromatic rings. The van der Waals surface area contributed by atoms with Crippen molar-refractivity contribution in [1.82, 2.24) is 20.4 Å². The maximum absolute atomic E-state index is 13.3. The Bertz CT molecular complexity index is 779. The van der Waals surface area contributed by atoms with E-state index < -0.39 is 6.04 Å². The van der Waals surface area contributed by atoms with Gasteiger partial charge in [-0.1, -0.05) is 23.5 Å². The number of benzene rings is 1. The van der Waals surface area contributed by atoms with Crippen molar-refractivity contribution in [2.24, 2.45) is 0 Å². The summed E-state index contributed by atoms with van der Waals surface area (Å²) in [5.41, 5.74) is 0.651. The van der Waals surface area contributed by atoms with Gasteiger partial charge in [-0.3, -0.25) is 9.59 Å². The standard InChI is InChI=1S/C16H17FN4O2S/c1-9(18-14(23)12-6-7-13(22)21(12)2)15-19-20-16(24-15)10-4-3-5-11(17)8-10/h3-5,8-9,12H,6-7H2,1-2H3,(H,18,23)/t9?,12-/m1/s1. The second-order valence-corrected chi connectivity index (χ2v) is 6.75. The molecule has 1 aromatic heterocycles. The molecule has 0 aliphatic carbocycles. The topological polar surface area (TPSA) is 75.2 Å². The van der Waals surface area contributed by atoms with Crippen LogP contribution in [0.4, 0.5) is 4.39 Å². The van der Waals surface area contributed by atoms with Crippen LogP contribution < -0.4 is 5.32 Å². The fourth-order valence-electron chi connectivity index (χ4n) is 2.63. The van der Waals surface area contributed by atoms with Crippen molar-refractivity contribution < 1.29 is 14.0 Å². The Kier molecular flexibility index (Phi) is 4.57. The predicted molar refractivity (Wildman–Crippen MR) is 87.7 cm³/mol. The summed E-state index contributed by atoms with van der Waals surface area (Å²) >= 11 is 1.30. The number of nitrogens with one attached hydrogen (secondary N) is 1. The Morgan fingerprint density at radius 1 is 1.46 bits per heavy atom. The molecule has 8 heteroatoms. The van der Waals surface area contributed by atoms with Gasteiger partial charge in [0.05, 0.1) is 6.04 Å². The molecule has 2 heterocycles. The van der Waals surface area contributed by atoms with Crippen molar-refractivity contribution in [2.75, 3.05) is 7.05 Å². The SMILES string of the molecule is CC(NC(=O)[C@H]1CCC(=O)N1C)c1nnc(-c2cccc(F)c2)s1. The molecule has 1 aliphatic rings. The first-order chi connectivity index (χ1) is 11.5. The third-order valence-corrected chi connectivity index (χ3v) is 5.19. The van der Waals surface area contributed by atoms with Gasteiger partial charge >= 0.3 is 0 Å². The van der Waals surface area contributed by atoms with E-state index in [1.165, 1.54) is 28.4 Å². The van der Waals surface area contributed by atoms with Gasteiger partial charge in [0.15, 0.2) is 0 Å². The summed E-state index contributed by atoms with van der Waals surface area (Å²) in [6, 6.07) is 5.37. The second kappa shape index (κ2) is 6.64. The van der Waals surface area contributed by atoms with E-state index in [2.05, 4.69) is 15.5 Å². The third kappa shape index (κ3) is 3.28. The average Bonchev–Trinajstić information content (AvgIpc) is 3.16. The number of nitrogens with zero attached hydrogens (tertiary/aromatic N) is 3. The van der Waals surface area contributed by atoms with E-state index in [1.54, 1.807) is 19.2 Å². The number of likely N-dealkylation sites (N-methyl/N-ethyl adjacent to an activating group) is 1. The third-order valence-electron chi connectivity index (χ3n) is 4.04. The van der Waals surface area contributed by atoms with E-state index in [0.717, 1.165) is 0 Å². The van der Waals surface area contributed by atoms with Gasteiger partial charge in [-0.25, -0.2) is 4.39 Å². The Hall–Kier alpha value is -2.35. The van der Waals surface area contributed by atoms with Gasteiger partial charge in [-0.15, -0.1) is 10.2 Å². The summed E-state index contributed by atoms with van der Waals surface area (Å²) in [4.78, 5) is 25.3. The summed E-state index contributed by atoms with van der Waals surface area (Å²) in [6.07, 6.45) is 0.921. The number of likely N-dealkylation sites (tertiary alicyclic amines) is 1. The molecule has 1 fully saturated rings. The van der Waals surface area contributed by atoms with Gasteiger partial charge in [-0.05, 0) is 25.5 Å². The lowest BCUT2D eigenvalue weighted by molar-refractivity contribution is -0.134. The van der Waals surface area contributed by atoms with Crippen LogP contribution in [0.2, 0.25) is 0 Å². The molecule has 1 N–H and O–H groups in total. The molecule has 0 radical (unpaired) electrons. The Labute approximate surface area is 142 Å². The summed E-state index contributed by atoms with van der Waals surface area (Å²) in [5, 5.41) is 12.2. The second-order valence-electron chi connectivity index (χ2n) is 5.75. The van der Waals surface area contributed by atoms with E-state index >= 15 is 0 Å². The van der Waals surface area contributed by atoms with Gasteiger partial charge in [0.25, 0.3) is 0 Å². The minimum absolute atomic E-state index is 0.0212. The zero-order valence-electron chi connectivity index (χ0n) is 13.3. The Balaban J connectivity index is 1.69. The lowest BCUT2D eigenvalue weighted by Crippen LogP contribution is -2.43. The van der Waals surface area contributed by atoms with Crippen LogP contribution in [0, 0.1) is 5.82 Å². The first-order valence-corrected chi connectivity index (χ1v) is 8.42. The van der Waals surface area contributed by atoms with Crippen molar-refractivity contribution in [1.29, 1.82) is 0 Å². The Morgan fingerprint density at radius 2 is 2.25 bits per heavy atom. The van der Waals surface area contributed by atoms with Crippen molar-refractivity contribution in [3.8, 4) is 10.6 Å². The maximum Gasteiger partial charge on any atom is 0.243 e. The minimum Gasteiger partial charge on any atom is -0.345 e. The van der Waals surface area contributed by atoms with Gasteiger partial charge in [0.1, 0.15) is 21.9 Å². The molecular formula is C16H17FN4O2S. The zero-order valence-corrected chi connectivity index (χ0v) is 14.1. The van der Waals surface area contributed by atoms with Crippen molar-refractivity contribution in [3.05, 3.63) is 35.1 Å². The number of amides is 2. The lowest BCUT2D eigenvalue weighted by atomic mass is 10.2. The summed E-state index contributed by atoms with van der Waals surface area (Å²) in [7, 11) is 1.64. The molecule has 1 aromatic carbocycles. The molecule has 2 atom stereocenters. The summed E-state index contributed by atoms with van der Waals surface area (Å²) in [6.45, 7) is 1.81. The number of hydrogen-bond donors (Lipinski definition) is 1. The number of hydrogen-bond acceptors (Lipinski definition) is 5. The highest BCUT2D eigenvalue weighted by Gasteiger charge is 2.34. The van der Waals surface area contributed by atoms with Crippen molar-refractivity contribution >= 4 is 23.2 Å². The van der Waals surface area contributed by atoms with Gasteiger partial charge in [0.2, 0.25) is 11.8 Å². The fraction of sp³-hybridized carbons (Fsp3) is 0.375. The zero-order chi connectivity index (χ0) is 17.3. The molecule has 1 unspecified atom stereocenters. The van der Waals surface area contributed by atoms with Crippen LogP contribution in [0.15, 0.2) is 24.3 Å².